The van der Waals surface area contributed by atoms with E-state index in [1.54, 1.807) is 11.8 Å². The van der Waals surface area contributed by atoms with Gasteiger partial charge in [-0.25, -0.2) is 4.79 Å². The summed E-state index contributed by atoms with van der Waals surface area (Å²) in [5.74, 6) is -3.01. The molecule has 0 bridgehead atoms. The van der Waals surface area contributed by atoms with E-state index in [-0.39, 0.29) is 0 Å². The summed E-state index contributed by atoms with van der Waals surface area (Å²) in [5, 5.41) is 20.8. The first-order chi connectivity index (χ1) is 15.0. The Hall–Kier alpha value is -2.02. The monoisotopic (exact) mass is 467 g/mol. The maximum Gasteiger partial charge on any atom is 0.326 e. The number of carbonyl (C=O) groups excluding carboxylic acids is 1. The molecule has 0 spiro atoms. The van der Waals surface area contributed by atoms with Crippen molar-refractivity contribution >= 4 is 29.6 Å². The fourth-order valence-electron chi connectivity index (χ4n) is 2.83. The van der Waals surface area contributed by atoms with E-state index in [2.05, 4.69) is 51.2 Å². The van der Waals surface area contributed by atoms with E-state index in [0.717, 1.165) is 31.4 Å². The van der Waals surface area contributed by atoms with E-state index in [4.69, 9.17) is 5.11 Å². The number of thioether (sulfide) groups is 1. The highest BCUT2D eigenvalue weighted by atomic mass is 32.2. The van der Waals surface area contributed by atoms with Crippen molar-refractivity contribution in [3.63, 3.8) is 0 Å². The quantitative estimate of drug-likeness (QED) is 0.206. The van der Waals surface area contributed by atoms with E-state index < -0.39 is 35.7 Å². The molecule has 1 amide bonds. The summed E-state index contributed by atoms with van der Waals surface area (Å²) in [6.45, 7) is 11.5. The van der Waals surface area contributed by atoms with Crippen LogP contribution < -0.4 is 5.32 Å². The molecule has 0 aliphatic rings. The molecule has 0 heterocycles. The molecule has 0 saturated carbocycles. The molecule has 0 saturated heterocycles. The lowest BCUT2D eigenvalue weighted by molar-refractivity contribution is -0.147. The van der Waals surface area contributed by atoms with Crippen molar-refractivity contribution in [2.45, 2.75) is 79.7 Å². The number of rotatable bonds is 16. The number of amides is 1. The van der Waals surface area contributed by atoms with Gasteiger partial charge in [-0.2, -0.15) is 11.8 Å². The summed E-state index contributed by atoms with van der Waals surface area (Å²) in [5.41, 5.74) is 4.08. The Morgan fingerprint density at radius 2 is 1.41 bits per heavy atom. The van der Waals surface area contributed by atoms with E-state index in [0.29, 0.717) is 12.2 Å². The first-order valence-corrected chi connectivity index (χ1v) is 12.4. The Balaban J connectivity index is 4.31. The second-order valence-electron chi connectivity index (χ2n) is 8.64. The zero-order valence-corrected chi connectivity index (χ0v) is 21.3. The third-order valence-electron chi connectivity index (χ3n) is 5.39. The van der Waals surface area contributed by atoms with Gasteiger partial charge < -0.3 is 15.5 Å². The van der Waals surface area contributed by atoms with Gasteiger partial charge in [-0.05, 0) is 65.6 Å². The smallest absolute Gasteiger partial charge is 0.326 e. The van der Waals surface area contributed by atoms with Gasteiger partial charge in [0.1, 0.15) is 6.04 Å². The molecule has 3 N–H and O–H groups in total. The fraction of sp³-hybridized carbons (Fsp3) is 0.640. The van der Waals surface area contributed by atoms with E-state index in [1.807, 2.05) is 0 Å². The van der Waals surface area contributed by atoms with E-state index >= 15 is 0 Å². The Morgan fingerprint density at radius 1 is 0.844 bits per heavy atom. The van der Waals surface area contributed by atoms with E-state index in [1.165, 1.54) is 30.6 Å². The molecule has 0 fully saturated rings. The van der Waals surface area contributed by atoms with Crippen LogP contribution in [-0.2, 0) is 14.4 Å². The zero-order valence-electron chi connectivity index (χ0n) is 20.4. The number of carboxylic acids is 2. The summed E-state index contributed by atoms with van der Waals surface area (Å²) in [6, 6.07) is -1.01. The molecule has 0 rings (SSSR count). The normalized spacial score (nSPS) is 14.9. The minimum absolute atomic E-state index is 0.292. The molecule has 182 valence electrons. The molecular weight excluding hydrogens is 426 g/mol. The number of carbonyl (C=O) groups is 3. The highest BCUT2D eigenvalue weighted by Crippen LogP contribution is 2.15. The van der Waals surface area contributed by atoms with Crippen LogP contribution in [0.15, 0.2) is 34.9 Å². The highest BCUT2D eigenvalue weighted by Gasteiger charge is 2.29. The van der Waals surface area contributed by atoms with Crippen molar-refractivity contribution < 1.29 is 24.6 Å². The predicted octanol–water partition coefficient (Wildman–Crippen LogP) is 5.46. The van der Waals surface area contributed by atoms with Gasteiger partial charge in [0, 0.05) is 11.7 Å². The Labute approximate surface area is 197 Å². The number of carboxylic acid groups (broad SMARTS) is 2. The molecule has 0 aliphatic heterocycles. The van der Waals surface area contributed by atoms with Crippen molar-refractivity contribution in [2.24, 2.45) is 11.8 Å². The van der Waals surface area contributed by atoms with Crippen LogP contribution in [0.4, 0.5) is 0 Å². The van der Waals surface area contributed by atoms with Crippen LogP contribution in [0.5, 0.6) is 0 Å². The second kappa shape index (κ2) is 16.6. The summed E-state index contributed by atoms with van der Waals surface area (Å²) in [6.07, 6.45) is 11.2. The summed E-state index contributed by atoms with van der Waals surface area (Å²) >= 11 is 1.62. The second-order valence-corrected chi connectivity index (χ2v) is 9.79. The van der Waals surface area contributed by atoms with Crippen LogP contribution in [-0.4, -0.2) is 45.6 Å². The minimum atomic E-state index is -1.10. The highest BCUT2D eigenvalue weighted by molar-refractivity contribution is 7.99. The number of aliphatic carboxylic acids is 2. The molecular formula is C25H41NO5S. The van der Waals surface area contributed by atoms with Gasteiger partial charge in [0.15, 0.2) is 0 Å². The van der Waals surface area contributed by atoms with Gasteiger partial charge in [0.25, 0.3) is 0 Å². The molecule has 6 nitrogen and oxygen atoms in total. The van der Waals surface area contributed by atoms with Crippen LogP contribution in [0.1, 0.15) is 73.6 Å². The van der Waals surface area contributed by atoms with Crippen LogP contribution in [0, 0.1) is 11.8 Å². The average molecular weight is 468 g/mol. The third-order valence-corrected chi connectivity index (χ3v) is 6.32. The van der Waals surface area contributed by atoms with Crippen LogP contribution >= 0.6 is 11.8 Å². The first-order valence-electron chi connectivity index (χ1n) is 11.2. The van der Waals surface area contributed by atoms with Crippen LogP contribution in [0.3, 0.4) is 0 Å². The van der Waals surface area contributed by atoms with Crippen LogP contribution in [0.2, 0.25) is 0 Å². The first kappa shape index (κ1) is 30.0. The van der Waals surface area contributed by atoms with Crippen LogP contribution in [0.25, 0.3) is 0 Å². The standard InChI is InChI=1S/C25H41NO5S/c1-17(2)9-7-10-18(3)11-8-12-19(4)13-15-32-16-14-22(25(30)31)26-23(27)20(5)21(6)24(28)29/h9,11,13,20-22H,7-8,10,12,14-16H2,1-6H3,(H,26,27)(H,28,29)(H,30,31)/b18-11+,19-13+/t20-,21+,22+/m1/s1. The fourth-order valence-corrected chi connectivity index (χ4v) is 3.80. The maximum atomic E-state index is 12.2. The molecule has 0 aromatic rings. The zero-order chi connectivity index (χ0) is 24.7. The SMILES string of the molecule is CC(C)=CCC/C(C)=C/CC/C(C)=C/CSCC[C@H](NC(=O)[C@H](C)[C@H](C)C(=O)O)C(=O)O. The van der Waals surface area contributed by atoms with Crippen molar-refractivity contribution in [2.75, 3.05) is 11.5 Å². The maximum absolute atomic E-state index is 12.2. The summed E-state index contributed by atoms with van der Waals surface area (Å²) in [7, 11) is 0. The van der Waals surface area contributed by atoms with E-state index in [9.17, 15) is 19.5 Å². The molecule has 0 aromatic heterocycles. The van der Waals surface area contributed by atoms with Gasteiger partial charge >= 0.3 is 11.9 Å². The Bertz CT molecular complexity index is 707. The molecule has 32 heavy (non-hydrogen) atoms. The van der Waals surface area contributed by atoms with Gasteiger partial charge in [-0.15, -0.1) is 0 Å². The number of allylic oxidation sites excluding steroid dienone is 5. The lowest BCUT2D eigenvalue weighted by Crippen LogP contribution is -2.45. The third kappa shape index (κ3) is 14.1. The molecule has 7 heteroatoms. The molecule has 0 unspecified atom stereocenters. The number of hydrogen-bond acceptors (Lipinski definition) is 4. The Morgan fingerprint density at radius 3 is 1.94 bits per heavy atom. The molecule has 0 aliphatic carbocycles. The average Bonchev–Trinajstić information content (AvgIpc) is 2.70. The molecule has 0 aromatic carbocycles. The molecule has 0 radical (unpaired) electrons. The lowest BCUT2D eigenvalue weighted by Gasteiger charge is -2.19. The minimum Gasteiger partial charge on any atom is -0.481 e. The van der Waals surface area contributed by atoms with Gasteiger partial charge in [0.05, 0.1) is 5.92 Å². The predicted molar refractivity (Wildman–Crippen MR) is 133 cm³/mol. The van der Waals surface area contributed by atoms with Gasteiger partial charge in [-0.3, -0.25) is 9.59 Å². The number of hydrogen-bond donors (Lipinski definition) is 3. The Kier molecular flexibility index (Phi) is 15.5. The van der Waals surface area contributed by atoms with Gasteiger partial charge in [-0.1, -0.05) is 48.8 Å². The van der Waals surface area contributed by atoms with Crippen molar-refractivity contribution in [1.29, 1.82) is 0 Å². The largest absolute Gasteiger partial charge is 0.481 e. The van der Waals surface area contributed by atoms with Crippen molar-refractivity contribution in [3.05, 3.63) is 34.9 Å². The summed E-state index contributed by atoms with van der Waals surface area (Å²) < 4.78 is 0. The number of nitrogens with one attached hydrogen (secondary N) is 1. The summed E-state index contributed by atoms with van der Waals surface area (Å²) in [4.78, 5) is 34.6. The lowest BCUT2D eigenvalue weighted by atomic mass is 9.95. The topological polar surface area (TPSA) is 104 Å². The van der Waals surface area contributed by atoms with Crippen molar-refractivity contribution in [1.82, 2.24) is 5.32 Å². The molecule has 3 atom stereocenters. The van der Waals surface area contributed by atoms with Gasteiger partial charge in [0.2, 0.25) is 5.91 Å². The van der Waals surface area contributed by atoms with Crippen molar-refractivity contribution in [3.8, 4) is 0 Å².